The first-order chi connectivity index (χ1) is 9.16. The molecular formula is C14H23N5. The van der Waals surface area contributed by atoms with E-state index in [0.29, 0.717) is 5.95 Å². The Morgan fingerprint density at radius 3 is 2.74 bits per heavy atom. The van der Waals surface area contributed by atoms with Gasteiger partial charge in [0.05, 0.1) is 5.69 Å². The van der Waals surface area contributed by atoms with Crippen LogP contribution in [0.3, 0.4) is 0 Å². The molecule has 3 rings (SSSR count). The molecule has 0 aliphatic heterocycles. The zero-order valence-electron chi connectivity index (χ0n) is 11.9. The van der Waals surface area contributed by atoms with Crippen molar-refractivity contribution < 1.29 is 0 Å². The van der Waals surface area contributed by atoms with Crippen molar-refractivity contribution in [3.05, 3.63) is 5.69 Å². The molecule has 0 aromatic carbocycles. The van der Waals surface area contributed by atoms with Gasteiger partial charge >= 0.3 is 0 Å². The van der Waals surface area contributed by atoms with E-state index < -0.39 is 0 Å². The summed E-state index contributed by atoms with van der Waals surface area (Å²) in [6.45, 7) is 2.95. The van der Waals surface area contributed by atoms with E-state index in [0.717, 1.165) is 29.3 Å². The molecule has 0 atom stereocenters. The summed E-state index contributed by atoms with van der Waals surface area (Å²) in [4.78, 5) is 4.45. The molecule has 104 valence electrons. The third kappa shape index (κ3) is 2.22. The number of rotatable bonds is 3. The third-order valence-electron chi connectivity index (χ3n) is 4.41. The number of hydrogen-bond acceptors (Lipinski definition) is 3. The number of nitrogens with zero attached hydrogens (tertiary/aromatic N) is 4. The zero-order valence-corrected chi connectivity index (χ0v) is 11.9. The molecule has 0 spiro atoms. The van der Waals surface area contributed by atoms with Gasteiger partial charge in [-0.2, -0.15) is 5.10 Å². The summed E-state index contributed by atoms with van der Waals surface area (Å²) in [6, 6.07) is 0. The number of aryl methyl sites for hydroxylation is 3. The van der Waals surface area contributed by atoms with Gasteiger partial charge in [-0.3, -0.25) is 9.25 Å². The van der Waals surface area contributed by atoms with Gasteiger partial charge in [0.25, 0.3) is 0 Å². The average Bonchev–Trinajstić information content (AvgIpc) is 2.87. The summed E-state index contributed by atoms with van der Waals surface area (Å²) in [5, 5.41) is 4.42. The van der Waals surface area contributed by atoms with Crippen molar-refractivity contribution in [2.45, 2.75) is 52.0 Å². The lowest BCUT2D eigenvalue weighted by Gasteiger charge is -2.21. The number of aromatic nitrogens is 4. The average molecular weight is 261 g/mol. The molecule has 5 nitrogen and oxygen atoms in total. The van der Waals surface area contributed by atoms with E-state index in [4.69, 9.17) is 5.73 Å². The highest BCUT2D eigenvalue weighted by molar-refractivity contribution is 5.77. The molecule has 1 fully saturated rings. The summed E-state index contributed by atoms with van der Waals surface area (Å²) in [5.41, 5.74) is 9.03. The molecule has 0 radical (unpaired) electrons. The van der Waals surface area contributed by atoms with Crippen molar-refractivity contribution in [1.82, 2.24) is 19.3 Å². The second kappa shape index (κ2) is 4.87. The zero-order chi connectivity index (χ0) is 13.4. The Balaban J connectivity index is 1.81. The summed E-state index contributed by atoms with van der Waals surface area (Å²) < 4.78 is 4.03. The van der Waals surface area contributed by atoms with Gasteiger partial charge in [0, 0.05) is 13.6 Å². The minimum Gasteiger partial charge on any atom is -0.369 e. The maximum atomic E-state index is 6.06. The minimum atomic E-state index is 0.627. The van der Waals surface area contributed by atoms with Crippen LogP contribution in [0.15, 0.2) is 0 Å². The Hall–Kier alpha value is -1.52. The quantitative estimate of drug-likeness (QED) is 0.924. The van der Waals surface area contributed by atoms with Gasteiger partial charge in [-0.15, -0.1) is 0 Å². The molecule has 2 N–H and O–H groups in total. The molecule has 1 aliphatic rings. The van der Waals surface area contributed by atoms with Crippen LogP contribution in [0.5, 0.6) is 0 Å². The monoisotopic (exact) mass is 261 g/mol. The van der Waals surface area contributed by atoms with Crippen molar-refractivity contribution in [3.63, 3.8) is 0 Å². The SMILES string of the molecule is Cc1nn(C)c2c1nc(N)n2CCC1CCCCC1. The number of anilines is 1. The van der Waals surface area contributed by atoms with Crippen molar-refractivity contribution in [1.29, 1.82) is 0 Å². The summed E-state index contributed by atoms with van der Waals surface area (Å²) >= 11 is 0. The smallest absolute Gasteiger partial charge is 0.202 e. The summed E-state index contributed by atoms with van der Waals surface area (Å²) in [5.74, 6) is 1.49. The lowest BCUT2D eigenvalue weighted by Crippen LogP contribution is -2.12. The van der Waals surface area contributed by atoms with Gasteiger partial charge in [0.1, 0.15) is 5.52 Å². The van der Waals surface area contributed by atoms with Crippen LogP contribution in [0.2, 0.25) is 0 Å². The molecule has 2 aromatic rings. The van der Waals surface area contributed by atoms with Crippen molar-refractivity contribution in [3.8, 4) is 0 Å². The molecule has 1 saturated carbocycles. The minimum absolute atomic E-state index is 0.627. The summed E-state index contributed by atoms with van der Waals surface area (Å²) in [7, 11) is 1.97. The maximum absolute atomic E-state index is 6.06. The molecule has 5 heteroatoms. The Morgan fingerprint density at radius 1 is 1.26 bits per heavy atom. The lowest BCUT2D eigenvalue weighted by atomic mass is 9.87. The molecule has 2 heterocycles. The fourth-order valence-electron chi connectivity index (χ4n) is 3.36. The highest BCUT2D eigenvalue weighted by Gasteiger charge is 2.18. The molecule has 0 unspecified atom stereocenters. The largest absolute Gasteiger partial charge is 0.369 e. The van der Waals surface area contributed by atoms with E-state index in [9.17, 15) is 0 Å². The molecule has 0 bridgehead atoms. The van der Waals surface area contributed by atoms with E-state index in [1.54, 1.807) is 0 Å². The first-order valence-corrected chi connectivity index (χ1v) is 7.32. The second-order valence-corrected chi connectivity index (χ2v) is 5.80. The maximum Gasteiger partial charge on any atom is 0.202 e. The Labute approximate surface area is 113 Å². The van der Waals surface area contributed by atoms with Gasteiger partial charge in [-0.05, 0) is 19.3 Å². The Kier molecular flexibility index (Phi) is 3.21. The van der Waals surface area contributed by atoms with Crippen LogP contribution in [0.4, 0.5) is 5.95 Å². The molecule has 1 aliphatic carbocycles. The van der Waals surface area contributed by atoms with Crippen LogP contribution in [0.25, 0.3) is 11.2 Å². The van der Waals surface area contributed by atoms with Crippen LogP contribution >= 0.6 is 0 Å². The molecule has 0 amide bonds. The highest BCUT2D eigenvalue weighted by atomic mass is 15.3. The first-order valence-electron chi connectivity index (χ1n) is 7.32. The number of imidazole rings is 1. The van der Waals surface area contributed by atoms with E-state index in [1.807, 2.05) is 18.7 Å². The van der Waals surface area contributed by atoms with Crippen LogP contribution in [-0.4, -0.2) is 19.3 Å². The summed E-state index contributed by atoms with van der Waals surface area (Å²) in [6.07, 6.45) is 8.16. The van der Waals surface area contributed by atoms with Crippen LogP contribution in [0, 0.1) is 12.8 Å². The first kappa shape index (κ1) is 12.5. The van der Waals surface area contributed by atoms with Gasteiger partial charge < -0.3 is 5.73 Å². The fourth-order valence-corrected chi connectivity index (χ4v) is 3.36. The van der Waals surface area contributed by atoms with Crippen molar-refractivity contribution in [2.75, 3.05) is 5.73 Å². The van der Waals surface area contributed by atoms with Crippen molar-refractivity contribution in [2.24, 2.45) is 13.0 Å². The molecule has 19 heavy (non-hydrogen) atoms. The van der Waals surface area contributed by atoms with E-state index in [-0.39, 0.29) is 0 Å². The normalized spacial score (nSPS) is 17.4. The predicted octanol–water partition coefficient (Wildman–Crippen LogP) is 2.63. The third-order valence-corrected chi connectivity index (χ3v) is 4.41. The van der Waals surface area contributed by atoms with E-state index >= 15 is 0 Å². The Morgan fingerprint density at radius 2 is 2.00 bits per heavy atom. The second-order valence-electron chi connectivity index (χ2n) is 5.80. The van der Waals surface area contributed by atoms with Crippen molar-refractivity contribution >= 4 is 17.1 Å². The number of nitrogens with two attached hydrogens (primary N) is 1. The molecular weight excluding hydrogens is 238 g/mol. The van der Waals surface area contributed by atoms with E-state index in [2.05, 4.69) is 14.6 Å². The van der Waals surface area contributed by atoms with Gasteiger partial charge in [0.2, 0.25) is 5.95 Å². The predicted molar refractivity (Wildman–Crippen MR) is 76.8 cm³/mol. The topological polar surface area (TPSA) is 61.7 Å². The van der Waals surface area contributed by atoms with Crippen LogP contribution in [0.1, 0.15) is 44.2 Å². The van der Waals surface area contributed by atoms with E-state index in [1.165, 1.54) is 38.5 Å². The standard InChI is InChI=1S/C14H23N5/c1-10-12-13(18(2)17-10)19(14(15)16-12)9-8-11-6-4-3-5-7-11/h11H,3-9H2,1-2H3,(H2,15,16). The number of nitrogen functional groups attached to an aromatic ring is 1. The van der Waals surface area contributed by atoms with Gasteiger partial charge in [0.15, 0.2) is 5.65 Å². The molecule has 0 saturated heterocycles. The number of fused-ring (bicyclic) bond motifs is 1. The number of hydrogen-bond donors (Lipinski definition) is 1. The van der Waals surface area contributed by atoms with Gasteiger partial charge in [-0.1, -0.05) is 32.1 Å². The highest BCUT2D eigenvalue weighted by Crippen LogP contribution is 2.28. The Bertz CT molecular complexity index is 574. The van der Waals surface area contributed by atoms with Gasteiger partial charge in [-0.25, -0.2) is 4.98 Å². The lowest BCUT2D eigenvalue weighted by molar-refractivity contribution is 0.325. The molecule has 2 aromatic heterocycles. The fraction of sp³-hybridized carbons (Fsp3) is 0.714. The van der Waals surface area contributed by atoms with Crippen LogP contribution < -0.4 is 5.73 Å². The van der Waals surface area contributed by atoms with Crippen LogP contribution in [-0.2, 0) is 13.6 Å².